The van der Waals surface area contributed by atoms with Gasteiger partial charge < -0.3 is 14.2 Å². The molecule has 0 saturated carbocycles. The van der Waals surface area contributed by atoms with Crippen LogP contribution >= 0.6 is 0 Å². The van der Waals surface area contributed by atoms with Crippen molar-refractivity contribution in [2.75, 3.05) is 14.2 Å². The highest BCUT2D eigenvalue weighted by Gasteiger charge is 2.05. The van der Waals surface area contributed by atoms with Gasteiger partial charge in [0.25, 0.3) is 0 Å². The van der Waals surface area contributed by atoms with Gasteiger partial charge in [-0.05, 0) is 24.1 Å². The first kappa shape index (κ1) is 20.8. The summed E-state index contributed by atoms with van der Waals surface area (Å²) in [6, 6.07) is 7.74. The van der Waals surface area contributed by atoms with Crippen molar-refractivity contribution in [3.63, 3.8) is 0 Å². The van der Waals surface area contributed by atoms with Crippen molar-refractivity contribution in [1.29, 1.82) is 0 Å². The highest BCUT2D eigenvalue weighted by atomic mass is 16.5. The molecule has 25 heavy (non-hydrogen) atoms. The van der Waals surface area contributed by atoms with Crippen molar-refractivity contribution in [1.82, 2.24) is 0 Å². The van der Waals surface area contributed by atoms with E-state index in [1.165, 1.54) is 26.0 Å². The van der Waals surface area contributed by atoms with E-state index < -0.39 is 0 Å². The summed E-state index contributed by atoms with van der Waals surface area (Å²) in [5.74, 6) is 6.79. The van der Waals surface area contributed by atoms with Gasteiger partial charge in [-0.15, -0.1) is 5.92 Å². The Morgan fingerprint density at radius 1 is 1.20 bits per heavy atom. The lowest BCUT2D eigenvalue weighted by molar-refractivity contribution is -0.134. The summed E-state index contributed by atoms with van der Waals surface area (Å²) in [5.41, 5.74) is 1.05. The van der Waals surface area contributed by atoms with E-state index in [0.717, 1.165) is 24.2 Å². The van der Waals surface area contributed by atoms with E-state index in [1.54, 1.807) is 13.2 Å². The zero-order valence-electron chi connectivity index (χ0n) is 15.4. The molecule has 0 N–H and O–H groups in total. The van der Waals surface area contributed by atoms with Gasteiger partial charge >= 0.3 is 5.97 Å². The Balaban J connectivity index is 2.58. The first-order chi connectivity index (χ1) is 12.2. The summed E-state index contributed by atoms with van der Waals surface area (Å²) >= 11 is 0. The highest BCUT2D eigenvalue weighted by molar-refractivity contribution is 5.81. The minimum atomic E-state index is -0.371. The van der Waals surface area contributed by atoms with E-state index in [0.29, 0.717) is 13.0 Å². The molecule has 4 nitrogen and oxygen atoms in total. The highest BCUT2D eigenvalue weighted by Crippen LogP contribution is 2.13. The molecule has 0 fully saturated rings. The molecule has 0 aromatic heterocycles. The fraction of sp³-hybridized carbons (Fsp3) is 0.476. The van der Waals surface area contributed by atoms with Gasteiger partial charge in [0.2, 0.25) is 0 Å². The smallest absolute Gasteiger partial charge is 0.330 e. The van der Waals surface area contributed by atoms with Crippen LogP contribution in [0.25, 0.3) is 0 Å². The normalized spacial score (nSPS) is 11.6. The molecule has 1 rings (SSSR count). The largest absolute Gasteiger partial charge is 0.497 e. The van der Waals surface area contributed by atoms with E-state index in [1.807, 2.05) is 24.3 Å². The van der Waals surface area contributed by atoms with E-state index in [2.05, 4.69) is 23.5 Å². The number of unbranched alkanes of at least 4 members (excludes halogenated alkanes) is 3. The molecule has 1 aromatic carbocycles. The number of methoxy groups -OCH3 is 2. The molecule has 0 bridgehead atoms. The maximum Gasteiger partial charge on any atom is 0.330 e. The summed E-state index contributed by atoms with van der Waals surface area (Å²) in [6.07, 6.45) is 7.79. The summed E-state index contributed by atoms with van der Waals surface area (Å²) in [6.45, 7) is 2.64. The van der Waals surface area contributed by atoms with Crippen LogP contribution in [0.2, 0.25) is 0 Å². The van der Waals surface area contributed by atoms with Crippen LogP contribution in [0.3, 0.4) is 0 Å². The number of carbonyl (C=O) groups excluding carboxylic acids is 1. The third-order valence-electron chi connectivity index (χ3n) is 3.58. The van der Waals surface area contributed by atoms with Crippen molar-refractivity contribution < 1.29 is 19.0 Å². The van der Waals surface area contributed by atoms with Crippen LogP contribution in [0, 0.1) is 11.8 Å². The Hall–Kier alpha value is -2.25. The Kier molecular flexibility index (Phi) is 10.9. The summed E-state index contributed by atoms with van der Waals surface area (Å²) in [7, 11) is 3.00. The predicted octanol–water partition coefficient (Wildman–Crippen LogP) is 4.28. The second-order valence-electron chi connectivity index (χ2n) is 5.59. The third kappa shape index (κ3) is 9.59. The van der Waals surface area contributed by atoms with E-state index >= 15 is 0 Å². The number of rotatable bonds is 10. The molecule has 0 unspecified atom stereocenters. The van der Waals surface area contributed by atoms with Gasteiger partial charge in [0, 0.05) is 18.9 Å². The molecular formula is C21H28O4. The van der Waals surface area contributed by atoms with Gasteiger partial charge in [0.1, 0.15) is 11.9 Å². The summed E-state index contributed by atoms with van der Waals surface area (Å²) in [5, 5.41) is 0. The molecule has 0 heterocycles. The van der Waals surface area contributed by atoms with Crippen molar-refractivity contribution in [2.45, 2.75) is 51.7 Å². The van der Waals surface area contributed by atoms with Crippen LogP contribution in [0.4, 0.5) is 0 Å². The number of hydrogen-bond acceptors (Lipinski definition) is 4. The Morgan fingerprint density at radius 2 is 1.96 bits per heavy atom. The quantitative estimate of drug-likeness (QED) is 0.275. The van der Waals surface area contributed by atoms with Gasteiger partial charge in [0.05, 0.1) is 20.8 Å². The minimum absolute atomic E-state index is 0.246. The molecule has 1 atom stereocenters. The average molecular weight is 344 g/mol. The van der Waals surface area contributed by atoms with E-state index in [4.69, 9.17) is 9.47 Å². The van der Waals surface area contributed by atoms with E-state index in [9.17, 15) is 4.79 Å². The fourth-order valence-corrected chi connectivity index (χ4v) is 2.09. The fourth-order valence-electron chi connectivity index (χ4n) is 2.09. The Morgan fingerprint density at radius 3 is 2.60 bits per heavy atom. The van der Waals surface area contributed by atoms with Crippen LogP contribution < -0.4 is 4.74 Å². The Labute approximate surface area is 151 Å². The second kappa shape index (κ2) is 13.1. The molecule has 136 valence electrons. The van der Waals surface area contributed by atoms with Crippen molar-refractivity contribution in [2.24, 2.45) is 0 Å². The first-order valence-corrected chi connectivity index (χ1v) is 8.67. The summed E-state index contributed by atoms with van der Waals surface area (Å²) < 4.78 is 15.7. The zero-order chi connectivity index (χ0) is 18.3. The standard InChI is InChI=1S/C21H28O4/c1-4-5-6-7-8-10-20(11-9-12-21(22)24-3)25-17-18-13-15-19(23-2)16-14-18/h9,12-16,20H,4-7,11,17H2,1-3H3/b12-9-/t20-/m0/s1. The number of esters is 1. The average Bonchev–Trinajstić information content (AvgIpc) is 2.65. The molecule has 0 spiro atoms. The SMILES string of the molecule is CCCCCC#C[C@@H](C/C=C\C(=O)OC)OCc1ccc(OC)cc1. The van der Waals surface area contributed by atoms with Gasteiger partial charge in [-0.3, -0.25) is 0 Å². The molecule has 0 radical (unpaired) electrons. The zero-order valence-corrected chi connectivity index (χ0v) is 15.4. The first-order valence-electron chi connectivity index (χ1n) is 8.67. The van der Waals surface area contributed by atoms with Gasteiger partial charge in [-0.25, -0.2) is 4.79 Å². The van der Waals surface area contributed by atoms with Crippen molar-refractivity contribution in [3.8, 4) is 17.6 Å². The molecule has 0 aliphatic heterocycles. The topological polar surface area (TPSA) is 44.8 Å². The molecule has 0 aliphatic rings. The van der Waals surface area contributed by atoms with Crippen LogP contribution in [0.5, 0.6) is 5.75 Å². The summed E-state index contributed by atoms with van der Waals surface area (Å²) in [4.78, 5) is 11.2. The number of ether oxygens (including phenoxy) is 3. The molecular weight excluding hydrogens is 316 g/mol. The van der Waals surface area contributed by atoms with Gasteiger partial charge in [0.15, 0.2) is 0 Å². The number of carbonyl (C=O) groups is 1. The second-order valence-corrected chi connectivity index (χ2v) is 5.59. The third-order valence-corrected chi connectivity index (χ3v) is 3.58. The number of benzene rings is 1. The predicted molar refractivity (Wildman–Crippen MR) is 99.3 cm³/mol. The van der Waals surface area contributed by atoms with Crippen molar-refractivity contribution >= 4 is 5.97 Å². The van der Waals surface area contributed by atoms with Gasteiger partial charge in [-0.1, -0.05) is 43.9 Å². The molecule has 4 heteroatoms. The maximum atomic E-state index is 11.2. The van der Waals surface area contributed by atoms with Crippen LogP contribution in [-0.2, 0) is 20.9 Å². The lowest BCUT2D eigenvalue weighted by Crippen LogP contribution is -2.10. The number of hydrogen-bond donors (Lipinski definition) is 0. The van der Waals surface area contributed by atoms with E-state index in [-0.39, 0.29) is 12.1 Å². The van der Waals surface area contributed by atoms with Crippen LogP contribution in [-0.4, -0.2) is 26.3 Å². The minimum Gasteiger partial charge on any atom is -0.497 e. The van der Waals surface area contributed by atoms with Gasteiger partial charge in [-0.2, -0.15) is 0 Å². The Bertz CT molecular complexity index is 578. The lowest BCUT2D eigenvalue weighted by Gasteiger charge is -2.11. The lowest BCUT2D eigenvalue weighted by atomic mass is 10.2. The molecule has 0 saturated heterocycles. The molecule has 0 aliphatic carbocycles. The van der Waals surface area contributed by atoms with Crippen LogP contribution in [0.15, 0.2) is 36.4 Å². The molecule has 1 aromatic rings. The monoisotopic (exact) mass is 344 g/mol. The van der Waals surface area contributed by atoms with Crippen molar-refractivity contribution in [3.05, 3.63) is 42.0 Å². The van der Waals surface area contributed by atoms with Crippen LogP contribution in [0.1, 0.15) is 44.6 Å². The maximum absolute atomic E-state index is 11.2. The molecule has 0 amide bonds.